The molecule has 0 unspecified atom stereocenters. The van der Waals surface area contributed by atoms with Gasteiger partial charge in [0, 0.05) is 6.42 Å². The number of rotatable bonds is 2. The highest BCUT2D eigenvalue weighted by Crippen LogP contribution is 2.08. The van der Waals surface area contributed by atoms with E-state index in [1.54, 1.807) is 6.26 Å². The second kappa shape index (κ2) is 3.73. The molecule has 10 heavy (non-hydrogen) atoms. The minimum atomic E-state index is 0.586. The van der Waals surface area contributed by atoms with Crippen LogP contribution in [0.4, 0.5) is 0 Å². The third kappa shape index (κ3) is 1.94. The topological polar surface area (TPSA) is 33.0 Å². The highest BCUT2D eigenvalue weighted by molar-refractivity contribution is 5.15. The number of hydrogen-bond acceptors (Lipinski definition) is 2. The van der Waals surface area contributed by atoms with Crippen LogP contribution < -0.4 is 0 Å². The van der Waals surface area contributed by atoms with Crippen molar-refractivity contribution in [1.82, 2.24) is 0 Å². The van der Waals surface area contributed by atoms with Crippen LogP contribution in [0.25, 0.3) is 0 Å². The Balaban J connectivity index is 2.34. The van der Waals surface area contributed by atoms with Crippen molar-refractivity contribution in [2.24, 2.45) is 0 Å². The Hall–Kier alpha value is -1.23. The van der Waals surface area contributed by atoms with E-state index in [0.717, 1.165) is 6.42 Å². The van der Waals surface area contributed by atoms with Gasteiger partial charge >= 0.3 is 0 Å². The molecule has 1 aliphatic heterocycles. The number of hydrogen-bond donors (Lipinski definition) is 0. The summed E-state index contributed by atoms with van der Waals surface area (Å²) >= 11 is 0. The zero-order valence-electron chi connectivity index (χ0n) is 5.71. The molecule has 0 saturated heterocycles. The predicted octanol–water partition coefficient (Wildman–Crippen LogP) is 1.76. The van der Waals surface area contributed by atoms with Crippen LogP contribution in [0.1, 0.15) is 12.8 Å². The molecule has 0 radical (unpaired) electrons. The van der Waals surface area contributed by atoms with E-state index < -0.39 is 0 Å². The zero-order chi connectivity index (χ0) is 7.23. The van der Waals surface area contributed by atoms with Crippen LogP contribution in [0.2, 0.25) is 0 Å². The smallest absolute Gasteiger partial charge is 0.109 e. The van der Waals surface area contributed by atoms with E-state index in [2.05, 4.69) is 6.07 Å². The van der Waals surface area contributed by atoms with E-state index in [1.165, 1.54) is 5.57 Å². The molecule has 0 bridgehead atoms. The molecule has 2 nitrogen and oxygen atoms in total. The van der Waals surface area contributed by atoms with Gasteiger partial charge in [0.2, 0.25) is 0 Å². The van der Waals surface area contributed by atoms with E-state index in [0.29, 0.717) is 13.0 Å². The molecule has 0 aliphatic carbocycles. The van der Waals surface area contributed by atoms with E-state index in [4.69, 9.17) is 10.00 Å². The molecule has 0 amide bonds. The van der Waals surface area contributed by atoms with Crippen molar-refractivity contribution >= 4 is 0 Å². The van der Waals surface area contributed by atoms with Gasteiger partial charge in [-0.15, -0.1) is 0 Å². The first-order valence-corrected chi connectivity index (χ1v) is 3.26. The summed E-state index contributed by atoms with van der Waals surface area (Å²) in [6, 6.07) is 2.09. The molecule has 0 aromatic carbocycles. The molecular formula is C8H9NO. The molecule has 52 valence electrons. The second-order valence-corrected chi connectivity index (χ2v) is 2.12. The maximum absolute atomic E-state index is 8.26. The van der Waals surface area contributed by atoms with E-state index in [-0.39, 0.29) is 0 Å². The summed E-state index contributed by atoms with van der Waals surface area (Å²) in [5.74, 6) is 0. The van der Waals surface area contributed by atoms with Crippen molar-refractivity contribution in [1.29, 1.82) is 5.26 Å². The standard InChI is InChI=1S/C8H9NO/c9-5-1-3-8-4-2-6-10-7-8/h2,4,6H,1,3,7H2. The third-order valence-electron chi connectivity index (χ3n) is 1.33. The molecule has 1 heterocycles. The van der Waals surface area contributed by atoms with Gasteiger partial charge in [-0.25, -0.2) is 0 Å². The van der Waals surface area contributed by atoms with Crippen molar-refractivity contribution < 1.29 is 4.74 Å². The van der Waals surface area contributed by atoms with Crippen LogP contribution in [0.3, 0.4) is 0 Å². The normalized spacial score (nSPS) is 15.3. The van der Waals surface area contributed by atoms with Gasteiger partial charge in [-0.3, -0.25) is 0 Å². The minimum Gasteiger partial charge on any atom is -0.497 e. The van der Waals surface area contributed by atoms with Gasteiger partial charge in [0.25, 0.3) is 0 Å². The van der Waals surface area contributed by atoms with Gasteiger partial charge in [-0.2, -0.15) is 5.26 Å². The fraction of sp³-hybridized carbons (Fsp3) is 0.375. The van der Waals surface area contributed by atoms with E-state index in [1.807, 2.05) is 12.2 Å². The summed E-state index contributed by atoms with van der Waals surface area (Å²) in [7, 11) is 0. The molecular weight excluding hydrogens is 126 g/mol. The predicted molar refractivity (Wildman–Crippen MR) is 38.0 cm³/mol. The molecule has 2 heteroatoms. The fourth-order valence-corrected chi connectivity index (χ4v) is 0.806. The van der Waals surface area contributed by atoms with E-state index in [9.17, 15) is 0 Å². The first kappa shape index (κ1) is 6.88. The number of nitrogens with zero attached hydrogens (tertiary/aromatic N) is 1. The van der Waals surface area contributed by atoms with Gasteiger partial charge in [-0.05, 0) is 18.1 Å². The Labute approximate surface area is 60.4 Å². The Kier molecular flexibility index (Phi) is 2.57. The average Bonchev–Trinajstić information content (AvgIpc) is 2.03. The van der Waals surface area contributed by atoms with Gasteiger partial charge in [0.15, 0.2) is 0 Å². The first-order valence-electron chi connectivity index (χ1n) is 3.26. The summed E-state index contributed by atoms with van der Waals surface area (Å²) in [6.45, 7) is 0.651. The van der Waals surface area contributed by atoms with Crippen molar-refractivity contribution in [2.45, 2.75) is 12.8 Å². The maximum Gasteiger partial charge on any atom is 0.109 e. The molecule has 0 aromatic rings. The van der Waals surface area contributed by atoms with Crippen molar-refractivity contribution in [2.75, 3.05) is 6.61 Å². The molecule has 0 spiro atoms. The van der Waals surface area contributed by atoms with Crippen LogP contribution in [-0.2, 0) is 4.74 Å². The molecule has 1 rings (SSSR count). The number of allylic oxidation sites excluding steroid dienone is 2. The molecule has 0 aromatic heterocycles. The maximum atomic E-state index is 8.26. The Morgan fingerprint density at radius 1 is 1.70 bits per heavy atom. The van der Waals surface area contributed by atoms with Gasteiger partial charge in [0.05, 0.1) is 12.3 Å². The molecule has 0 fully saturated rings. The van der Waals surface area contributed by atoms with Crippen molar-refractivity contribution in [3.8, 4) is 6.07 Å². The molecule has 0 saturated carbocycles. The van der Waals surface area contributed by atoms with Crippen LogP contribution in [0.15, 0.2) is 24.0 Å². The minimum absolute atomic E-state index is 0.586. The summed E-state index contributed by atoms with van der Waals surface area (Å²) < 4.78 is 5.02. The SMILES string of the molecule is N#CCCC1=CC=COC1. The summed E-state index contributed by atoms with van der Waals surface area (Å²) in [6.07, 6.45) is 6.94. The molecule has 0 atom stereocenters. The third-order valence-corrected chi connectivity index (χ3v) is 1.33. The Bertz CT molecular complexity index is 198. The van der Waals surface area contributed by atoms with E-state index >= 15 is 0 Å². The molecule has 1 aliphatic rings. The Morgan fingerprint density at radius 2 is 2.60 bits per heavy atom. The second-order valence-electron chi connectivity index (χ2n) is 2.12. The largest absolute Gasteiger partial charge is 0.497 e. The lowest BCUT2D eigenvalue weighted by Crippen LogP contribution is -1.96. The summed E-state index contributed by atoms with van der Waals surface area (Å²) in [5, 5.41) is 8.26. The monoisotopic (exact) mass is 135 g/mol. The van der Waals surface area contributed by atoms with Gasteiger partial charge in [-0.1, -0.05) is 6.08 Å². The lowest BCUT2D eigenvalue weighted by Gasteiger charge is -2.07. The summed E-state index contributed by atoms with van der Waals surface area (Å²) in [4.78, 5) is 0. The highest BCUT2D eigenvalue weighted by Gasteiger charge is 1.98. The number of ether oxygens (including phenoxy) is 1. The van der Waals surface area contributed by atoms with Crippen molar-refractivity contribution in [3.63, 3.8) is 0 Å². The number of nitriles is 1. The first-order chi connectivity index (χ1) is 4.93. The summed E-state index contributed by atoms with van der Waals surface area (Å²) in [5.41, 5.74) is 1.20. The van der Waals surface area contributed by atoms with Crippen LogP contribution in [0, 0.1) is 11.3 Å². The average molecular weight is 135 g/mol. The molecule has 0 N–H and O–H groups in total. The van der Waals surface area contributed by atoms with Crippen LogP contribution >= 0.6 is 0 Å². The fourth-order valence-electron chi connectivity index (χ4n) is 0.806. The lowest BCUT2D eigenvalue weighted by molar-refractivity contribution is 0.272. The Morgan fingerprint density at radius 3 is 3.20 bits per heavy atom. The van der Waals surface area contributed by atoms with Gasteiger partial charge in [0.1, 0.15) is 6.61 Å². The zero-order valence-corrected chi connectivity index (χ0v) is 5.71. The van der Waals surface area contributed by atoms with Crippen LogP contribution in [-0.4, -0.2) is 6.61 Å². The van der Waals surface area contributed by atoms with Gasteiger partial charge < -0.3 is 4.74 Å². The van der Waals surface area contributed by atoms with Crippen molar-refractivity contribution in [3.05, 3.63) is 24.0 Å². The quantitative estimate of drug-likeness (QED) is 0.578. The lowest BCUT2D eigenvalue weighted by atomic mass is 10.1. The van der Waals surface area contributed by atoms with Crippen LogP contribution in [0.5, 0.6) is 0 Å². The highest BCUT2D eigenvalue weighted by atomic mass is 16.5.